The number of carbonyl (C=O) groups is 1. The Morgan fingerprint density at radius 2 is 1.90 bits per heavy atom. The summed E-state index contributed by atoms with van der Waals surface area (Å²) in [5, 5.41) is 9.46. The molecule has 0 aliphatic carbocycles. The molecule has 0 saturated heterocycles. The van der Waals surface area contributed by atoms with E-state index in [9.17, 15) is 23.1 Å². The van der Waals surface area contributed by atoms with E-state index in [1.54, 1.807) is 0 Å². The third kappa shape index (κ3) is 1.87. The lowest BCUT2D eigenvalue weighted by atomic mass is 10.4. The highest BCUT2D eigenvalue weighted by Crippen LogP contribution is 2.14. The molecule has 56 valence electrons. The third-order valence-electron chi connectivity index (χ3n) is 0.562. The molecule has 0 aromatic rings. The van der Waals surface area contributed by atoms with Gasteiger partial charge in [-0.25, -0.2) is 0 Å². The lowest BCUT2D eigenvalue weighted by Crippen LogP contribution is -2.41. The minimum atomic E-state index is -5.17. The van der Waals surface area contributed by atoms with Gasteiger partial charge >= 0.3 is 11.9 Å². The molecule has 0 N–H and O–H groups in total. The number of alkyl halides is 3. The number of halogens is 3. The fourth-order valence-corrected chi connectivity index (χ4v) is 0.213. The number of hydrogen-bond acceptors (Lipinski definition) is 2. The molecule has 0 amide bonds. The third-order valence-corrected chi connectivity index (χ3v) is 0.562. The fraction of sp³-hybridized carbons (Fsp3) is 0.333. The van der Waals surface area contributed by atoms with Gasteiger partial charge in [-0.2, -0.15) is 18.0 Å². The van der Waals surface area contributed by atoms with E-state index in [1.165, 1.54) is 4.79 Å². The van der Waals surface area contributed by atoms with Crippen LogP contribution in [-0.2, 0) is 4.79 Å². The maximum Gasteiger partial charge on any atom is 0.496 e. The van der Waals surface area contributed by atoms with Crippen LogP contribution in [0.1, 0.15) is 0 Å². The molecule has 0 aliphatic rings. The van der Waals surface area contributed by atoms with E-state index >= 15 is 0 Å². The van der Waals surface area contributed by atoms with Gasteiger partial charge in [0.1, 0.15) is 0 Å². The second-order valence-electron chi connectivity index (χ2n) is 1.23. The fourth-order valence-electron chi connectivity index (χ4n) is 0.213. The molecule has 0 heterocycles. The quantitative estimate of drug-likeness (QED) is 0.274. The minimum Gasteiger partial charge on any atom is -0.539 e. The van der Waals surface area contributed by atoms with Crippen LogP contribution in [0.2, 0.25) is 0 Å². The Labute approximate surface area is 52.5 Å². The number of carboxylic acid groups (broad SMARTS) is 1. The van der Waals surface area contributed by atoms with Crippen molar-refractivity contribution in [3.05, 3.63) is 5.53 Å². The summed E-state index contributed by atoms with van der Waals surface area (Å²) in [6.07, 6.45) is -5.17. The molecular weight excluding hydrogens is 153 g/mol. The summed E-state index contributed by atoms with van der Waals surface area (Å²) < 4.78 is 33.8. The van der Waals surface area contributed by atoms with Gasteiger partial charge in [-0.3, -0.25) is 0 Å². The standard InChI is InChI=1S/C3HF3N2O2/c4-3(5,6)1(8-7)2(9)10/h(H,9,10)/p-1. The Balaban J connectivity index is 4.74. The van der Waals surface area contributed by atoms with Crippen LogP contribution in [0.3, 0.4) is 0 Å². The summed E-state index contributed by atoms with van der Waals surface area (Å²) in [6.45, 7) is 0. The highest BCUT2D eigenvalue weighted by Gasteiger charge is 2.45. The van der Waals surface area contributed by atoms with Gasteiger partial charge in [0.05, 0.1) is 0 Å². The van der Waals surface area contributed by atoms with Crippen LogP contribution in [0.25, 0.3) is 5.53 Å². The van der Waals surface area contributed by atoms with Crippen molar-refractivity contribution in [1.82, 2.24) is 0 Å². The Bertz CT molecular complexity index is 202. The predicted molar refractivity (Wildman–Crippen MR) is 19.7 cm³/mol. The summed E-state index contributed by atoms with van der Waals surface area (Å²) in [7, 11) is 0. The highest BCUT2D eigenvalue weighted by atomic mass is 19.4. The zero-order valence-corrected chi connectivity index (χ0v) is 4.34. The molecule has 0 radical (unpaired) electrons. The predicted octanol–water partition coefficient (Wildman–Crippen LogP) is -1.03. The summed E-state index contributed by atoms with van der Waals surface area (Å²) in [6, 6.07) is 0. The van der Waals surface area contributed by atoms with Crippen molar-refractivity contribution in [2.45, 2.75) is 6.18 Å². The largest absolute Gasteiger partial charge is 0.539 e. The van der Waals surface area contributed by atoms with Crippen LogP contribution in [0.5, 0.6) is 0 Å². The Morgan fingerprint density at radius 3 is 1.90 bits per heavy atom. The van der Waals surface area contributed by atoms with E-state index in [0.717, 1.165) is 0 Å². The zero-order valence-electron chi connectivity index (χ0n) is 4.34. The van der Waals surface area contributed by atoms with E-state index in [0.29, 0.717) is 0 Å². The van der Waals surface area contributed by atoms with Crippen molar-refractivity contribution in [1.29, 1.82) is 0 Å². The lowest BCUT2D eigenvalue weighted by molar-refractivity contribution is -0.300. The molecule has 0 spiro atoms. The van der Waals surface area contributed by atoms with Gasteiger partial charge in [0.2, 0.25) is 0 Å². The van der Waals surface area contributed by atoms with Crippen molar-refractivity contribution >= 4 is 11.7 Å². The monoisotopic (exact) mass is 153 g/mol. The number of carbonyl (C=O) groups excluding carboxylic acids is 1. The first-order chi connectivity index (χ1) is 4.39. The van der Waals surface area contributed by atoms with Crippen LogP contribution in [0.15, 0.2) is 0 Å². The van der Waals surface area contributed by atoms with Gasteiger partial charge in [-0.05, 0) is 0 Å². The van der Waals surface area contributed by atoms with Crippen LogP contribution < -0.4 is 5.11 Å². The SMILES string of the molecule is [N-]=[N+]=C(C(=O)[O-])C(F)(F)F. The van der Waals surface area contributed by atoms with Crippen LogP contribution >= 0.6 is 0 Å². The molecule has 0 rings (SSSR count). The van der Waals surface area contributed by atoms with Gasteiger partial charge in [0.15, 0.2) is 5.97 Å². The van der Waals surface area contributed by atoms with Gasteiger partial charge in [-0.1, -0.05) is 0 Å². The maximum atomic E-state index is 11.3. The number of rotatable bonds is 1. The van der Waals surface area contributed by atoms with Crippen LogP contribution in [0.4, 0.5) is 13.2 Å². The molecule has 0 aliphatic heterocycles. The molecule has 0 atom stereocenters. The molecule has 0 aromatic carbocycles. The Hall–Kier alpha value is -1.36. The second-order valence-corrected chi connectivity index (χ2v) is 1.23. The summed E-state index contributed by atoms with van der Waals surface area (Å²) in [5.74, 6) is -2.56. The average molecular weight is 153 g/mol. The smallest absolute Gasteiger partial charge is 0.496 e. The first kappa shape index (κ1) is 8.64. The van der Waals surface area contributed by atoms with Crippen LogP contribution in [0, 0.1) is 0 Å². The van der Waals surface area contributed by atoms with E-state index < -0.39 is 17.9 Å². The molecule has 4 nitrogen and oxygen atoms in total. The number of hydrogen-bond donors (Lipinski definition) is 0. The lowest BCUT2D eigenvalue weighted by Gasteiger charge is -1.99. The van der Waals surface area contributed by atoms with Crippen molar-refractivity contribution in [3.8, 4) is 0 Å². The van der Waals surface area contributed by atoms with Crippen molar-refractivity contribution in [2.75, 3.05) is 0 Å². The van der Waals surface area contributed by atoms with Gasteiger partial charge < -0.3 is 15.4 Å². The van der Waals surface area contributed by atoms with Crippen molar-refractivity contribution in [3.63, 3.8) is 0 Å². The minimum absolute atomic E-state index is 1.49. The summed E-state index contributed by atoms with van der Waals surface area (Å²) in [4.78, 5) is 10.9. The summed E-state index contributed by atoms with van der Waals surface area (Å²) in [5.41, 5.74) is 5.14. The number of aliphatic carboxylic acids is 1. The van der Waals surface area contributed by atoms with Crippen molar-refractivity contribution < 1.29 is 27.9 Å². The zero-order chi connectivity index (χ0) is 8.36. The maximum absolute atomic E-state index is 11.3. The van der Waals surface area contributed by atoms with Gasteiger partial charge in [0.25, 0.3) is 0 Å². The van der Waals surface area contributed by atoms with Gasteiger partial charge in [-0.15, -0.1) is 0 Å². The van der Waals surface area contributed by atoms with E-state index in [-0.39, 0.29) is 0 Å². The van der Waals surface area contributed by atoms with E-state index in [1.807, 2.05) is 0 Å². The molecule has 0 fully saturated rings. The molecule has 0 unspecified atom stereocenters. The molecule has 0 bridgehead atoms. The Morgan fingerprint density at radius 1 is 1.50 bits per heavy atom. The first-order valence-electron chi connectivity index (χ1n) is 1.90. The molecular formula is C3F3N2O2-. The Kier molecular flexibility index (Phi) is 2.15. The molecule has 0 saturated carbocycles. The normalized spacial score (nSPS) is 10.3. The van der Waals surface area contributed by atoms with E-state index in [2.05, 4.69) is 0 Å². The van der Waals surface area contributed by atoms with Gasteiger partial charge in [0, 0.05) is 0 Å². The second kappa shape index (κ2) is 2.49. The first-order valence-corrected chi connectivity index (χ1v) is 1.90. The number of nitrogens with zero attached hydrogens (tertiary/aromatic N) is 2. The van der Waals surface area contributed by atoms with Crippen molar-refractivity contribution in [2.24, 2.45) is 0 Å². The van der Waals surface area contributed by atoms with E-state index in [4.69, 9.17) is 5.53 Å². The molecule has 0 aromatic heterocycles. The van der Waals surface area contributed by atoms with Crippen LogP contribution in [-0.4, -0.2) is 22.6 Å². The summed E-state index contributed by atoms with van der Waals surface area (Å²) >= 11 is 0. The molecule has 7 heteroatoms. The number of carboxylic acids is 1. The molecule has 10 heavy (non-hydrogen) atoms. The topological polar surface area (TPSA) is 76.5 Å². The average Bonchev–Trinajstić information content (AvgIpc) is 1.60. The highest BCUT2D eigenvalue weighted by molar-refractivity contribution is 6.34.